The minimum atomic E-state index is -0.178. The maximum atomic E-state index is 11.9. The summed E-state index contributed by atoms with van der Waals surface area (Å²) in [6.07, 6.45) is 5.98. The van der Waals surface area contributed by atoms with E-state index in [1.807, 2.05) is 19.1 Å². The minimum absolute atomic E-state index is 0.0731. The molecule has 0 spiro atoms. The molecular weight excluding hydrogens is 334 g/mol. The number of rotatable bonds is 6. The zero-order chi connectivity index (χ0) is 16.7. The number of carbonyl (C=O) groups is 2. The fourth-order valence-corrected chi connectivity index (χ4v) is 3.78. The molecule has 0 aliphatic heterocycles. The minimum Gasteiger partial charge on any atom is -0.349 e. The molecule has 5 nitrogen and oxygen atoms in total. The van der Waals surface area contributed by atoms with Crippen molar-refractivity contribution >= 4 is 34.9 Å². The van der Waals surface area contributed by atoms with E-state index in [0.717, 1.165) is 17.7 Å². The van der Waals surface area contributed by atoms with Crippen molar-refractivity contribution in [1.29, 1.82) is 0 Å². The second kappa shape index (κ2) is 9.13. The lowest BCUT2D eigenvalue weighted by Gasteiger charge is -2.22. The van der Waals surface area contributed by atoms with Crippen LogP contribution in [0.4, 0.5) is 4.79 Å². The number of amides is 3. The molecule has 1 aromatic heterocycles. The SMILES string of the molecule is CC(NC(=O)CCNC(=O)NC1CCCCC1)c1ccc(Cl)s1. The van der Waals surface area contributed by atoms with Gasteiger partial charge in [0, 0.05) is 23.9 Å². The van der Waals surface area contributed by atoms with Gasteiger partial charge in [-0.2, -0.15) is 0 Å². The van der Waals surface area contributed by atoms with Crippen molar-refractivity contribution in [3.05, 3.63) is 21.3 Å². The molecule has 1 fully saturated rings. The number of hydrogen-bond donors (Lipinski definition) is 3. The summed E-state index contributed by atoms with van der Waals surface area (Å²) in [5.41, 5.74) is 0. The van der Waals surface area contributed by atoms with Crippen LogP contribution in [0.3, 0.4) is 0 Å². The number of thiophene rings is 1. The zero-order valence-corrected chi connectivity index (χ0v) is 14.9. The molecule has 0 radical (unpaired) electrons. The van der Waals surface area contributed by atoms with Gasteiger partial charge in [-0.3, -0.25) is 4.79 Å². The van der Waals surface area contributed by atoms with Crippen molar-refractivity contribution in [2.75, 3.05) is 6.54 Å². The molecule has 3 amide bonds. The van der Waals surface area contributed by atoms with Crippen LogP contribution in [0.25, 0.3) is 0 Å². The van der Waals surface area contributed by atoms with E-state index in [2.05, 4.69) is 16.0 Å². The Morgan fingerprint density at radius 1 is 1.30 bits per heavy atom. The Morgan fingerprint density at radius 2 is 2.04 bits per heavy atom. The van der Waals surface area contributed by atoms with Gasteiger partial charge < -0.3 is 16.0 Å². The predicted molar refractivity (Wildman–Crippen MR) is 93.9 cm³/mol. The number of nitrogens with one attached hydrogen (secondary N) is 3. The first-order valence-electron chi connectivity index (χ1n) is 8.13. The van der Waals surface area contributed by atoms with Gasteiger partial charge in [0.15, 0.2) is 0 Å². The van der Waals surface area contributed by atoms with Gasteiger partial charge in [0.05, 0.1) is 10.4 Å². The Morgan fingerprint density at radius 3 is 2.70 bits per heavy atom. The molecule has 3 N–H and O–H groups in total. The fraction of sp³-hybridized carbons (Fsp3) is 0.625. The van der Waals surface area contributed by atoms with Crippen molar-refractivity contribution in [3.8, 4) is 0 Å². The van der Waals surface area contributed by atoms with Crippen molar-refractivity contribution in [3.63, 3.8) is 0 Å². The summed E-state index contributed by atoms with van der Waals surface area (Å²) >= 11 is 7.35. The van der Waals surface area contributed by atoms with Gasteiger partial charge in [0.25, 0.3) is 0 Å². The first-order valence-corrected chi connectivity index (χ1v) is 9.33. The van der Waals surface area contributed by atoms with E-state index in [1.54, 1.807) is 0 Å². The van der Waals surface area contributed by atoms with E-state index in [1.165, 1.54) is 30.6 Å². The van der Waals surface area contributed by atoms with Gasteiger partial charge in [-0.05, 0) is 31.9 Å². The van der Waals surface area contributed by atoms with Crippen LogP contribution in [0.5, 0.6) is 0 Å². The summed E-state index contributed by atoms with van der Waals surface area (Å²) in [5.74, 6) is -0.0833. The summed E-state index contributed by atoms with van der Waals surface area (Å²) in [7, 11) is 0. The van der Waals surface area contributed by atoms with Crippen molar-refractivity contribution < 1.29 is 9.59 Å². The molecule has 2 rings (SSSR count). The quantitative estimate of drug-likeness (QED) is 0.728. The molecule has 1 aliphatic carbocycles. The first kappa shape index (κ1) is 18.1. The van der Waals surface area contributed by atoms with E-state index < -0.39 is 0 Å². The number of urea groups is 1. The monoisotopic (exact) mass is 357 g/mol. The van der Waals surface area contributed by atoms with Crippen LogP contribution < -0.4 is 16.0 Å². The van der Waals surface area contributed by atoms with E-state index in [0.29, 0.717) is 10.9 Å². The Balaban J connectivity index is 1.61. The van der Waals surface area contributed by atoms with Crippen LogP contribution in [-0.2, 0) is 4.79 Å². The molecule has 1 aliphatic rings. The fourth-order valence-electron chi connectivity index (χ4n) is 2.72. The van der Waals surface area contributed by atoms with Crippen molar-refractivity contribution in [2.45, 2.75) is 57.5 Å². The molecule has 1 atom stereocenters. The third-order valence-electron chi connectivity index (χ3n) is 3.98. The maximum Gasteiger partial charge on any atom is 0.315 e. The molecule has 1 unspecified atom stereocenters. The summed E-state index contributed by atoms with van der Waals surface area (Å²) in [6, 6.07) is 3.76. The second-order valence-electron chi connectivity index (χ2n) is 5.92. The maximum absolute atomic E-state index is 11.9. The van der Waals surface area contributed by atoms with Gasteiger partial charge in [-0.15, -0.1) is 11.3 Å². The molecule has 0 bridgehead atoms. The third-order valence-corrected chi connectivity index (χ3v) is 5.39. The average Bonchev–Trinajstić information content (AvgIpc) is 2.95. The smallest absolute Gasteiger partial charge is 0.315 e. The lowest BCUT2D eigenvalue weighted by molar-refractivity contribution is -0.121. The standard InChI is InChI=1S/C16H24ClN3O2S/c1-11(13-7-8-14(17)23-13)19-15(21)9-10-18-16(22)20-12-5-3-2-4-6-12/h7-8,11-12H,2-6,9-10H2,1H3,(H,19,21)(H2,18,20,22). The third kappa shape index (κ3) is 6.39. The highest BCUT2D eigenvalue weighted by Gasteiger charge is 2.16. The highest BCUT2D eigenvalue weighted by Crippen LogP contribution is 2.26. The van der Waals surface area contributed by atoms with Crippen molar-refractivity contribution in [1.82, 2.24) is 16.0 Å². The predicted octanol–water partition coefficient (Wildman–Crippen LogP) is 3.60. The normalized spacial score (nSPS) is 16.6. The summed E-state index contributed by atoms with van der Waals surface area (Å²) < 4.78 is 0.710. The van der Waals surface area contributed by atoms with Gasteiger partial charge in [-0.25, -0.2) is 4.79 Å². The van der Waals surface area contributed by atoms with Crippen LogP contribution in [-0.4, -0.2) is 24.5 Å². The molecular formula is C16H24ClN3O2S. The molecule has 0 saturated heterocycles. The topological polar surface area (TPSA) is 70.2 Å². The van der Waals surface area contributed by atoms with E-state index in [9.17, 15) is 9.59 Å². The summed E-state index contributed by atoms with van der Waals surface area (Å²) in [4.78, 5) is 24.7. The summed E-state index contributed by atoms with van der Waals surface area (Å²) in [5, 5.41) is 8.62. The molecule has 1 heterocycles. The van der Waals surface area contributed by atoms with Crippen LogP contribution in [0, 0.1) is 0 Å². The Bertz CT molecular complexity index is 529. The number of carbonyl (C=O) groups excluding carboxylic acids is 2. The van der Waals surface area contributed by atoms with E-state index in [-0.39, 0.29) is 30.4 Å². The Labute approximate surface area is 146 Å². The first-order chi connectivity index (χ1) is 11.0. The summed E-state index contributed by atoms with van der Waals surface area (Å²) in [6.45, 7) is 2.26. The lowest BCUT2D eigenvalue weighted by atomic mass is 9.96. The van der Waals surface area contributed by atoms with Gasteiger partial charge in [-0.1, -0.05) is 30.9 Å². The molecule has 23 heavy (non-hydrogen) atoms. The number of hydrogen-bond acceptors (Lipinski definition) is 3. The van der Waals surface area contributed by atoms with Gasteiger partial charge >= 0.3 is 6.03 Å². The van der Waals surface area contributed by atoms with Gasteiger partial charge in [0.2, 0.25) is 5.91 Å². The van der Waals surface area contributed by atoms with E-state index in [4.69, 9.17) is 11.6 Å². The Hall–Kier alpha value is -1.27. The zero-order valence-electron chi connectivity index (χ0n) is 13.4. The van der Waals surface area contributed by atoms with Crippen LogP contribution in [0.2, 0.25) is 4.34 Å². The number of halogens is 1. The van der Waals surface area contributed by atoms with E-state index >= 15 is 0 Å². The highest BCUT2D eigenvalue weighted by molar-refractivity contribution is 7.16. The second-order valence-corrected chi connectivity index (χ2v) is 7.66. The average molecular weight is 358 g/mol. The molecule has 7 heteroatoms. The molecule has 128 valence electrons. The Kier molecular flexibility index (Phi) is 7.17. The largest absolute Gasteiger partial charge is 0.349 e. The van der Waals surface area contributed by atoms with Gasteiger partial charge in [0.1, 0.15) is 0 Å². The van der Waals surface area contributed by atoms with Crippen LogP contribution in [0.15, 0.2) is 12.1 Å². The lowest BCUT2D eigenvalue weighted by Crippen LogP contribution is -2.43. The highest BCUT2D eigenvalue weighted by atomic mass is 35.5. The molecule has 1 aromatic rings. The van der Waals surface area contributed by atoms with Crippen LogP contribution in [0.1, 0.15) is 56.4 Å². The van der Waals surface area contributed by atoms with Crippen molar-refractivity contribution in [2.24, 2.45) is 0 Å². The van der Waals surface area contributed by atoms with Crippen LogP contribution >= 0.6 is 22.9 Å². The molecule has 1 saturated carbocycles. The molecule has 0 aromatic carbocycles.